The Kier molecular flexibility index (Phi) is 14.2. The minimum atomic E-state index is -0.841. The van der Waals surface area contributed by atoms with Gasteiger partial charge in [0.15, 0.2) is 5.78 Å². The SMILES string of the molecule is Cc1ccc(C(=O)Cc2ccc(CCNC[C@H](O)c3ccc(O)c4[nH]c(=O)ccc34)cc2)cc1N(C)C(=O)CCN1CCC(OC(=O)Nc2ccccc2-c2ccccc2)CC1. The number of anilines is 2. The molecule has 5 aromatic carbocycles. The number of carbonyl (C=O) groups is 3. The van der Waals surface area contributed by atoms with E-state index in [0.717, 1.165) is 27.8 Å². The summed E-state index contributed by atoms with van der Waals surface area (Å²) >= 11 is 0. The van der Waals surface area contributed by atoms with Gasteiger partial charge in [-0.3, -0.25) is 19.7 Å². The largest absolute Gasteiger partial charge is 0.506 e. The van der Waals surface area contributed by atoms with E-state index in [-0.39, 0.29) is 42.1 Å². The molecule has 0 aliphatic carbocycles. The number of piperidine rings is 1. The molecule has 2 heterocycles. The number of amides is 2. The zero-order valence-corrected chi connectivity index (χ0v) is 35.1. The summed E-state index contributed by atoms with van der Waals surface area (Å²) in [5.41, 5.74) is 7.31. The van der Waals surface area contributed by atoms with Crippen LogP contribution >= 0.6 is 0 Å². The molecule has 6 aromatic rings. The van der Waals surface area contributed by atoms with E-state index in [1.54, 1.807) is 30.1 Å². The Hall–Kier alpha value is -6.60. The van der Waals surface area contributed by atoms with Gasteiger partial charge < -0.3 is 35.1 Å². The monoisotopic (exact) mass is 835 g/mol. The fraction of sp³-hybridized carbons (Fsp3) is 0.280. The number of H-pyrrole nitrogens is 1. The Morgan fingerprint density at radius 2 is 1.61 bits per heavy atom. The van der Waals surface area contributed by atoms with Crippen LogP contribution in [0.3, 0.4) is 0 Å². The molecule has 0 spiro atoms. The lowest BCUT2D eigenvalue weighted by molar-refractivity contribution is -0.118. The van der Waals surface area contributed by atoms with E-state index in [2.05, 4.69) is 20.5 Å². The molecule has 1 aromatic heterocycles. The Bertz CT molecular complexity index is 2570. The fourth-order valence-corrected chi connectivity index (χ4v) is 7.95. The standard InChI is InChI=1S/C50H53N5O7/c1-33-12-17-37(45(57)30-35-15-13-34(14-16-35)22-26-51-32-46(58)40-18-20-44(56)49-41(40)19-21-47(59)53-49)31-43(33)54(2)48(60)25-29-55-27-23-38(24-28-55)62-50(61)52-42-11-7-6-10-39(42)36-8-4-3-5-9-36/h3-21,31,38,46,51,56,58H,22-30,32H2,1-2H3,(H,52,61)(H,53,59)/t46-/m0/s1. The van der Waals surface area contributed by atoms with Crippen LogP contribution in [0.5, 0.6) is 5.75 Å². The zero-order valence-electron chi connectivity index (χ0n) is 35.1. The maximum atomic E-state index is 13.4. The maximum Gasteiger partial charge on any atom is 0.411 e. The number of benzene rings is 5. The molecule has 62 heavy (non-hydrogen) atoms. The van der Waals surface area contributed by atoms with Crippen molar-refractivity contribution in [2.24, 2.45) is 0 Å². The van der Waals surface area contributed by atoms with E-state index in [1.807, 2.05) is 97.9 Å². The molecule has 7 rings (SSSR count). The summed E-state index contributed by atoms with van der Waals surface area (Å²) in [6.07, 6.45) is 1.08. The Labute approximate surface area is 361 Å². The summed E-state index contributed by atoms with van der Waals surface area (Å²) in [6, 6.07) is 37.0. The fourth-order valence-electron chi connectivity index (χ4n) is 7.95. The number of fused-ring (bicyclic) bond motifs is 1. The van der Waals surface area contributed by atoms with Crippen molar-refractivity contribution in [3.05, 3.63) is 159 Å². The third-order valence-electron chi connectivity index (χ3n) is 11.5. The Morgan fingerprint density at radius 1 is 0.887 bits per heavy atom. The van der Waals surface area contributed by atoms with Crippen LogP contribution in [-0.4, -0.2) is 83.8 Å². The number of rotatable bonds is 16. The van der Waals surface area contributed by atoms with Gasteiger partial charge in [0.2, 0.25) is 11.5 Å². The average Bonchev–Trinajstić information content (AvgIpc) is 3.28. The third-order valence-corrected chi connectivity index (χ3v) is 11.5. The molecule has 0 radical (unpaired) electrons. The van der Waals surface area contributed by atoms with Crippen molar-refractivity contribution in [3.63, 3.8) is 0 Å². The minimum absolute atomic E-state index is 0.0412. The average molecular weight is 836 g/mol. The maximum absolute atomic E-state index is 13.4. The van der Waals surface area contributed by atoms with Gasteiger partial charge >= 0.3 is 6.09 Å². The van der Waals surface area contributed by atoms with Gasteiger partial charge in [0.05, 0.1) is 17.3 Å². The number of carbonyl (C=O) groups excluding carboxylic acids is 3. The van der Waals surface area contributed by atoms with Crippen LogP contribution in [0.25, 0.3) is 22.0 Å². The summed E-state index contributed by atoms with van der Waals surface area (Å²) in [4.78, 5) is 57.9. The summed E-state index contributed by atoms with van der Waals surface area (Å²) in [5.74, 6) is -0.135. The van der Waals surface area contributed by atoms with Crippen molar-refractivity contribution >= 4 is 40.1 Å². The number of hydrogen-bond acceptors (Lipinski definition) is 9. The van der Waals surface area contributed by atoms with Gasteiger partial charge in [-0.25, -0.2) is 4.79 Å². The molecule has 1 saturated heterocycles. The van der Waals surface area contributed by atoms with E-state index in [1.165, 1.54) is 12.1 Å². The minimum Gasteiger partial charge on any atom is -0.506 e. The molecule has 0 unspecified atom stereocenters. The lowest BCUT2D eigenvalue weighted by atomic mass is 9.99. The first kappa shape index (κ1) is 43.5. The molecular formula is C50H53N5O7. The number of aromatic amines is 1. The highest BCUT2D eigenvalue weighted by Gasteiger charge is 2.24. The smallest absolute Gasteiger partial charge is 0.411 e. The lowest BCUT2D eigenvalue weighted by Crippen LogP contribution is -2.40. The topological polar surface area (TPSA) is 164 Å². The van der Waals surface area contributed by atoms with E-state index in [9.17, 15) is 29.4 Å². The quantitative estimate of drug-likeness (QED) is 0.0489. The molecule has 5 N–H and O–H groups in total. The van der Waals surface area contributed by atoms with Crippen LogP contribution < -0.4 is 21.1 Å². The van der Waals surface area contributed by atoms with Crippen LogP contribution in [0.1, 0.15) is 58.0 Å². The number of nitrogens with zero attached hydrogens (tertiary/aromatic N) is 2. The first-order valence-electron chi connectivity index (χ1n) is 21.1. The van der Waals surface area contributed by atoms with Crippen molar-refractivity contribution < 1.29 is 29.3 Å². The number of ether oxygens (including phenoxy) is 1. The van der Waals surface area contributed by atoms with Gasteiger partial charge in [0, 0.05) is 74.3 Å². The van der Waals surface area contributed by atoms with Crippen LogP contribution in [0, 0.1) is 6.92 Å². The highest BCUT2D eigenvalue weighted by molar-refractivity contribution is 6.00. The second-order valence-electron chi connectivity index (χ2n) is 15.9. The number of Topliss-reactive ketones (excluding diaryl/α,β-unsaturated/α-hetero) is 1. The van der Waals surface area contributed by atoms with Crippen molar-refractivity contribution in [1.82, 2.24) is 15.2 Å². The second kappa shape index (κ2) is 20.3. The van der Waals surface area contributed by atoms with Crippen LogP contribution in [0.4, 0.5) is 16.2 Å². The number of aromatic hydroxyl groups is 1. The van der Waals surface area contributed by atoms with Gasteiger partial charge in [-0.2, -0.15) is 0 Å². The van der Waals surface area contributed by atoms with Crippen LogP contribution in [0.2, 0.25) is 0 Å². The van der Waals surface area contributed by atoms with Gasteiger partial charge in [-0.1, -0.05) is 91.0 Å². The number of phenolic OH excluding ortho intramolecular Hbond substituents is 1. The highest BCUT2D eigenvalue weighted by Crippen LogP contribution is 2.30. The normalized spacial score (nSPS) is 13.7. The Morgan fingerprint density at radius 3 is 2.39 bits per heavy atom. The molecule has 1 aliphatic rings. The number of aryl methyl sites for hydroxylation is 1. The number of aliphatic hydroxyl groups excluding tert-OH is 1. The molecule has 12 nitrogen and oxygen atoms in total. The van der Waals surface area contributed by atoms with Crippen molar-refractivity contribution in [1.29, 1.82) is 0 Å². The van der Waals surface area contributed by atoms with Gasteiger partial charge in [-0.05, 0) is 84.8 Å². The van der Waals surface area contributed by atoms with Gasteiger partial charge in [-0.15, -0.1) is 0 Å². The summed E-state index contributed by atoms with van der Waals surface area (Å²) in [5, 5.41) is 27.8. The van der Waals surface area contributed by atoms with Crippen LogP contribution in [0.15, 0.2) is 126 Å². The van der Waals surface area contributed by atoms with E-state index >= 15 is 0 Å². The first-order chi connectivity index (χ1) is 30.0. The lowest BCUT2D eigenvalue weighted by Gasteiger charge is -2.32. The number of aliphatic hydroxyl groups is 1. The van der Waals surface area contributed by atoms with Gasteiger partial charge in [0.25, 0.3) is 0 Å². The summed E-state index contributed by atoms with van der Waals surface area (Å²) in [7, 11) is 1.75. The number of ketones is 1. The number of pyridine rings is 1. The molecule has 0 saturated carbocycles. The molecule has 1 aliphatic heterocycles. The molecule has 2 amide bonds. The second-order valence-corrected chi connectivity index (χ2v) is 15.9. The van der Waals surface area contributed by atoms with Crippen molar-refractivity contribution in [2.75, 3.05) is 50.0 Å². The highest BCUT2D eigenvalue weighted by atomic mass is 16.6. The molecule has 1 fully saturated rings. The zero-order chi connectivity index (χ0) is 43.6. The molecular weight excluding hydrogens is 783 g/mol. The number of phenols is 1. The molecule has 0 bridgehead atoms. The number of aromatic nitrogens is 1. The molecule has 1 atom stereocenters. The molecule has 320 valence electrons. The first-order valence-corrected chi connectivity index (χ1v) is 21.1. The summed E-state index contributed by atoms with van der Waals surface area (Å²) < 4.78 is 5.79. The summed E-state index contributed by atoms with van der Waals surface area (Å²) in [6.45, 7) is 4.84. The predicted octanol–water partition coefficient (Wildman–Crippen LogP) is 7.57. The van der Waals surface area contributed by atoms with E-state index in [0.29, 0.717) is 85.3 Å². The molecule has 12 heteroatoms. The Balaban J connectivity index is 0.831. The number of para-hydroxylation sites is 1. The third kappa shape index (κ3) is 11.0. The number of likely N-dealkylation sites (tertiary alicyclic amines) is 1. The van der Waals surface area contributed by atoms with Gasteiger partial charge in [0.1, 0.15) is 11.9 Å². The predicted molar refractivity (Wildman–Crippen MR) is 243 cm³/mol. The number of hydrogen-bond donors (Lipinski definition) is 5. The van der Waals surface area contributed by atoms with Crippen LogP contribution in [-0.2, 0) is 22.4 Å². The van der Waals surface area contributed by atoms with Crippen molar-refractivity contribution in [2.45, 2.75) is 51.2 Å². The number of nitrogens with one attached hydrogen (secondary N) is 3. The van der Waals surface area contributed by atoms with E-state index in [4.69, 9.17) is 4.74 Å². The van der Waals surface area contributed by atoms with E-state index < -0.39 is 12.2 Å². The van der Waals surface area contributed by atoms with Crippen molar-refractivity contribution in [3.8, 4) is 16.9 Å².